The third kappa shape index (κ3) is 3.06. The average Bonchev–Trinajstić information content (AvgIpc) is 2.45. The Balaban J connectivity index is 2.39. The predicted molar refractivity (Wildman–Crippen MR) is 79.9 cm³/mol. The smallest absolute Gasteiger partial charge is 0.128 e. The minimum atomic E-state index is -0.331. The van der Waals surface area contributed by atoms with Crippen molar-refractivity contribution >= 4 is 17.4 Å². The molecule has 1 atom stereocenters. The molecule has 2 heterocycles. The topological polar surface area (TPSA) is 69.4 Å². The quantitative estimate of drug-likeness (QED) is 0.872. The predicted octanol–water partition coefficient (Wildman–Crippen LogP) is 2.16. The zero-order valence-corrected chi connectivity index (χ0v) is 12.7. The number of halogens is 1. The van der Waals surface area contributed by atoms with E-state index in [1.54, 1.807) is 6.20 Å². The monoisotopic (exact) mass is 299 g/mol. The lowest BCUT2D eigenvalue weighted by molar-refractivity contribution is -0.126. The third-order valence-electron chi connectivity index (χ3n) is 3.81. The second kappa shape index (κ2) is 6.72. The Hall–Kier alpha value is -0.880. The lowest BCUT2D eigenvalue weighted by Crippen LogP contribution is -2.49. The molecule has 2 rings (SSSR count). The normalized spacial score (nSPS) is 19.8. The number of hydrogen-bond acceptors (Lipinski definition) is 5. The molecule has 1 unspecified atom stereocenters. The van der Waals surface area contributed by atoms with E-state index in [4.69, 9.17) is 26.8 Å². The van der Waals surface area contributed by atoms with Crippen molar-refractivity contribution in [2.24, 2.45) is 0 Å². The minimum absolute atomic E-state index is 0.0578. The average molecular weight is 300 g/mol. The number of hydrogen-bond donors (Lipinski definition) is 2. The van der Waals surface area contributed by atoms with E-state index < -0.39 is 0 Å². The van der Waals surface area contributed by atoms with Gasteiger partial charge in [0.25, 0.3) is 0 Å². The number of likely N-dealkylation sites (N-methyl/N-ethyl adjacent to an activating group) is 1. The summed E-state index contributed by atoms with van der Waals surface area (Å²) in [6, 6.07) is 1.80. The summed E-state index contributed by atoms with van der Waals surface area (Å²) in [5.74, 6) is 0.485. The molecule has 1 aliphatic rings. The van der Waals surface area contributed by atoms with Gasteiger partial charge in [-0.15, -0.1) is 0 Å². The highest BCUT2D eigenvalue weighted by Gasteiger charge is 2.42. The van der Waals surface area contributed by atoms with Crippen LogP contribution in [0.25, 0.3) is 0 Å². The summed E-state index contributed by atoms with van der Waals surface area (Å²) in [4.78, 5) is 4.15. The van der Waals surface area contributed by atoms with Gasteiger partial charge in [-0.05, 0) is 20.0 Å². The Bertz CT molecular complexity index is 445. The van der Waals surface area contributed by atoms with Gasteiger partial charge in [0.1, 0.15) is 5.82 Å². The highest BCUT2D eigenvalue weighted by molar-refractivity contribution is 6.30. The van der Waals surface area contributed by atoms with Gasteiger partial charge < -0.3 is 20.5 Å². The highest BCUT2D eigenvalue weighted by atomic mass is 35.5. The van der Waals surface area contributed by atoms with Gasteiger partial charge in [-0.25, -0.2) is 4.98 Å². The molecular formula is C14H22ClN3O2. The number of aromatic nitrogens is 1. The number of nitrogen functional groups attached to an aromatic ring is 1. The Morgan fingerprint density at radius 2 is 2.25 bits per heavy atom. The first kappa shape index (κ1) is 15.5. The first-order valence-corrected chi connectivity index (χ1v) is 7.30. The molecule has 1 fully saturated rings. The maximum absolute atomic E-state index is 6.10. The summed E-state index contributed by atoms with van der Waals surface area (Å²) in [5.41, 5.74) is 6.58. The fourth-order valence-electron chi connectivity index (χ4n) is 2.92. The molecule has 0 aromatic carbocycles. The van der Waals surface area contributed by atoms with Gasteiger partial charge in [0.15, 0.2) is 0 Å². The van der Waals surface area contributed by atoms with Gasteiger partial charge in [-0.1, -0.05) is 11.6 Å². The molecule has 0 saturated carbocycles. The van der Waals surface area contributed by atoms with E-state index in [9.17, 15) is 0 Å². The van der Waals surface area contributed by atoms with E-state index >= 15 is 0 Å². The number of rotatable bonds is 5. The van der Waals surface area contributed by atoms with E-state index in [0.717, 1.165) is 18.4 Å². The lowest BCUT2D eigenvalue weighted by atomic mass is 9.82. The van der Waals surface area contributed by atoms with Crippen LogP contribution in [0.3, 0.4) is 0 Å². The lowest BCUT2D eigenvalue weighted by Gasteiger charge is -2.43. The number of pyridine rings is 1. The molecule has 0 radical (unpaired) electrons. The summed E-state index contributed by atoms with van der Waals surface area (Å²) in [6.45, 7) is 4.02. The molecule has 6 heteroatoms. The van der Waals surface area contributed by atoms with Crippen molar-refractivity contribution in [2.45, 2.75) is 31.4 Å². The summed E-state index contributed by atoms with van der Waals surface area (Å²) < 4.78 is 11.6. The molecule has 20 heavy (non-hydrogen) atoms. The summed E-state index contributed by atoms with van der Waals surface area (Å²) in [6.07, 6.45) is 3.20. The van der Waals surface area contributed by atoms with Crippen LogP contribution in [-0.2, 0) is 9.47 Å². The van der Waals surface area contributed by atoms with E-state index in [1.165, 1.54) is 0 Å². The van der Waals surface area contributed by atoms with Crippen LogP contribution in [-0.4, -0.2) is 37.5 Å². The molecule has 3 N–H and O–H groups in total. The van der Waals surface area contributed by atoms with Crippen molar-refractivity contribution < 1.29 is 9.47 Å². The summed E-state index contributed by atoms with van der Waals surface area (Å²) in [5, 5.41) is 3.90. The van der Waals surface area contributed by atoms with Gasteiger partial charge >= 0.3 is 0 Å². The first-order valence-electron chi connectivity index (χ1n) is 6.93. The number of anilines is 1. The standard InChI is InChI=1S/C14H22ClN3O2/c1-3-20-14(4-6-19-7-5-14)12(17-2)11-8-10(15)9-18-13(11)16/h8-9,12,17H,3-7H2,1-2H3,(H2,16,18). The van der Waals surface area contributed by atoms with Crippen molar-refractivity contribution in [1.82, 2.24) is 10.3 Å². The minimum Gasteiger partial charge on any atom is -0.383 e. The molecule has 0 aliphatic carbocycles. The molecule has 0 amide bonds. The van der Waals surface area contributed by atoms with Crippen molar-refractivity contribution in [3.8, 4) is 0 Å². The molecule has 0 bridgehead atoms. The Labute approximate surface area is 124 Å². The van der Waals surface area contributed by atoms with E-state index in [2.05, 4.69) is 10.3 Å². The second-order valence-electron chi connectivity index (χ2n) is 4.96. The van der Waals surface area contributed by atoms with Crippen LogP contribution < -0.4 is 11.1 Å². The zero-order chi connectivity index (χ0) is 14.6. The van der Waals surface area contributed by atoms with E-state index in [0.29, 0.717) is 30.7 Å². The maximum atomic E-state index is 6.10. The SMILES string of the molecule is CCOC1(C(NC)c2cc(Cl)cnc2N)CCOCC1. The summed E-state index contributed by atoms with van der Waals surface area (Å²) in [7, 11) is 1.90. The van der Waals surface area contributed by atoms with Crippen LogP contribution in [0.2, 0.25) is 5.02 Å². The molecule has 5 nitrogen and oxygen atoms in total. The van der Waals surface area contributed by atoms with Crippen molar-refractivity contribution in [3.05, 3.63) is 22.8 Å². The Kier molecular flexibility index (Phi) is 5.21. The molecule has 1 aromatic heterocycles. The van der Waals surface area contributed by atoms with Gasteiger partial charge in [0, 0.05) is 44.4 Å². The van der Waals surface area contributed by atoms with Gasteiger partial charge in [-0.2, -0.15) is 0 Å². The Morgan fingerprint density at radius 1 is 1.55 bits per heavy atom. The number of ether oxygens (including phenoxy) is 2. The van der Waals surface area contributed by atoms with Gasteiger partial charge in [0.2, 0.25) is 0 Å². The molecule has 112 valence electrons. The van der Waals surface area contributed by atoms with E-state index in [1.807, 2.05) is 20.0 Å². The van der Waals surface area contributed by atoms with Crippen LogP contribution in [0.1, 0.15) is 31.4 Å². The van der Waals surface area contributed by atoms with Crippen LogP contribution in [0.15, 0.2) is 12.3 Å². The number of nitrogens with zero attached hydrogens (tertiary/aromatic N) is 1. The van der Waals surface area contributed by atoms with Crippen LogP contribution in [0, 0.1) is 0 Å². The fraction of sp³-hybridized carbons (Fsp3) is 0.643. The van der Waals surface area contributed by atoms with Crippen molar-refractivity contribution in [2.75, 3.05) is 32.6 Å². The van der Waals surface area contributed by atoms with Gasteiger partial charge in [0.05, 0.1) is 16.7 Å². The van der Waals surface area contributed by atoms with Crippen LogP contribution in [0.5, 0.6) is 0 Å². The van der Waals surface area contributed by atoms with Crippen molar-refractivity contribution in [3.63, 3.8) is 0 Å². The third-order valence-corrected chi connectivity index (χ3v) is 4.02. The zero-order valence-electron chi connectivity index (χ0n) is 12.0. The molecule has 1 saturated heterocycles. The Morgan fingerprint density at radius 3 is 2.85 bits per heavy atom. The molecule has 1 aliphatic heterocycles. The van der Waals surface area contributed by atoms with E-state index in [-0.39, 0.29) is 11.6 Å². The molecule has 0 spiro atoms. The second-order valence-corrected chi connectivity index (χ2v) is 5.40. The van der Waals surface area contributed by atoms with Crippen molar-refractivity contribution in [1.29, 1.82) is 0 Å². The van der Waals surface area contributed by atoms with Crippen LogP contribution >= 0.6 is 11.6 Å². The molecule has 1 aromatic rings. The van der Waals surface area contributed by atoms with Gasteiger partial charge in [-0.3, -0.25) is 0 Å². The summed E-state index contributed by atoms with van der Waals surface area (Å²) >= 11 is 6.07. The largest absolute Gasteiger partial charge is 0.383 e. The molecular weight excluding hydrogens is 278 g/mol. The first-order chi connectivity index (χ1) is 9.63. The number of nitrogens with two attached hydrogens (primary N) is 1. The number of nitrogens with one attached hydrogen (secondary N) is 1. The van der Waals surface area contributed by atoms with Crippen LogP contribution in [0.4, 0.5) is 5.82 Å². The maximum Gasteiger partial charge on any atom is 0.128 e. The highest BCUT2D eigenvalue weighted by Crippen LogP contribution is 2.39. The fourth-order valence-corrected chi connectivity index (χ4v) is 3.09.